The Hall–Kier alpha value is -0.265. The van der Waals surface area contributed by atoms with Crippen molar-refractivity contribution in [1.29, 1.82) is 0 Å². The highest BCUT2D eigenvalue weighted by Gasteiger charge is 2.56. The summed E-state index contributed by atoms with van der Waals surface area (Å²) in [5.74, 6) is 1.36. The van der Waals surface area contributed by atoms with Gasteiger partial charge in [0.1, 0.15) is 6.19 Å². The van der Waals surface area contributed by atoms with Crippen LogP contribution in [-0.2, 0) is 4.79 Å². The van der Waals surface area contributed by atoms with Gasteiger partial charge in [-0.1, -0.05) is 66.2 Å². The molecule has 0 aliphatic heterocycles. The molecule has 2 saturated carbocycles. The molecule has 0 heterocycles. The SMILES string of the molecule is CC1CCCC1(C)B([C]=O)C1(C)CCCC1C. The van der Waals surface area contributed by atoms with Crippen molar-refractivity contribution in [3.63, 3.8) is 0 Å². The molecule has 2 heteroatoms. The normalized spacial score (nSPS) is 46.1. The molecule has 0 bridgehead atoms. The summed E-state index contributed by atoms with van der Waals surface area (Å²) in [6, 6.07) is 0. The molecule has 2 rings (SSSR count). The molecule has 0 saturated heterocycles. The third-order valence-corrected chi connectivity index (χ3v) is 6.39. The van der Waals surface area contributed by atoms with E-state index in [0.717, 1.165) is 0 Å². The van der Waals surface area contributed by atoms with Crippen LogP contribution in [0.15, 0.2) is 0 Å². The van der Waals surface area contributed by atoms with Crippen LogP contribution in [0.4, 0.5) is 0 Å². The maximum Gasteiger partial charge on any atom is 0.245 e. The first-order valence-electron chi connectivity index (χ1n) is 7.33. The Kier molecular flexibility index (Phi) is 3.44. The van der Waals surface area contributed by atoms with Gasteiger partial charge in [0.15, 0.2) is 0 Å². The molecule has 0 N–H and O–H groups in total. The molecule has 17 heavy (non-hydrogen) atoms. The van der Waals surface area contributed by atoms with Crippen molar-refractivity contribution in [2.75, 3.05) is 0 Å². The summed E-state index contributed by atoms with van der Waals surface area (Å²) >= 11 is 0. The lowest BCUT2D eigenvalue weighted by molar-refractivity contribution is 0.407. The van der Waals surface area contributed by atoms with Crippen LogP contribution < -0.4 is 0 Å². The van der Waals surface area contributed by atoms with Gasteiger partial charge < -0.3 is 4.79 Å². The third-order valence-electron chi connectivity index (χ3n) is 6.39. The average Bonchev–Trinajstić information content (AvgIpc) is 2.76. The zero-order valence-electron chi connectivity index (χ0n) is 11.9. The molecule has 0 amide bonds. The summed E-state index contributed by atoms with van der Waals surface area (Å²) in [5, 5.41) is 0.407. The minimum Gasteiger partial charge on any atom is -0.304 e. The van der Waals surface area contributed by atoms with Crippen LogP contribution in [-0.4, -0.2) is 12.9 Å². The second-order valence-electron chi connectivity index (χ2n) is 7.15. The van der Waals surface area contributed by atoms with E-state index in [1.807, 2.05) is 0 Å². The molecule has 0 spiro atoms. The van der Waals surface area contributed by atoms with Crippen molar-refractivity contribution in [2.45, 2.75) is 76.8 Å². The molecule has 1 nitrogen and oxygen atoms in total. The van der Waals surface area contributed by atoms with E-state index in [-0.39, 0.29) is 17.3 Å². The van der Waals surface area contributed by atoms with E-state index in [0.29, 0.717) is 11.8 Å². The van der Waals surface area contributed by atoms with Crippen LogP contribution in [0.5, 0.6) is 0 Å². The van der Waals surface area contributed by atoms with Crippen molar-refractivity contribution in [2.24, 2.45) is 11.8 Å². The summed E-state index contributed by atoms with van der Waals surface area (Å²) in [6.07, 6.45) is 10.1. The van der Waals surface area contributed by atoms with Gasteiger partial charge in [-0.15, -0.1) is 0 Å². The third kappa shape index (κ3) is 1.88. The van der Waals surface area contributed by atoms with E-state index >= 15 is 0 Å². The highest BCUT2D eigenvalue weighted by atomic mass is 16.1. The van der Waals surface area contributed by atoms with Gasteiger partial charge in [-0.2, -0.15) is 0 Å². The predicted octanol–water partition coefficient (Wildman–Crippen LogP) is 4.29. The zero-order chi connectivity index (χ0) is 12.7. The number of hydrogen-bond donors (Lipinski definition) is 0. The second kappa shape index (κ2) is 4.44. The Labute approximate surface area is 107 Å². The molecule has 0 aromatic heterocycles. The van der Waals surface area contributed by atoms with E-state index < -0.39 is 0 Å². The van der Waals surface area contributed by atoms with Crippen molar-refractivity contribution in [1.82, 2.24) is 0 Å². The minimum atomic E-state index is 0.144. The summed E-state index contributed by atoms with van der Waals surface area (Å²) in [5.41, 5.74) is 0. The van der Waals surface area contributed by atoms with Gasteiger partial charge in [0.05, 0.1) is 0 Å². The van der Waals surface area contributed by atoms with Crippen molar-refractivity contribution in [3.8, 4) is 0 Å². The number of hydrogen-bond acceptors (Lipinski definition) is 1. The van der Waals surface area contributed by atoms with E-state index in [1.54, 1.807) is 0 Å². The summed E-state index contributed by atoms with van der Waals surface area (Å²) in [4.78, 5) is 11.7. The van der Waals surface area contributed by atoms with Crippen LogP contribution in [0.25, 0.3) is 0 Å². The first kappa shape index (κ1) is 13.2. The van der Waals surface area contributed by atoms with Gasteiger partial charge >= 0.3 is 0 Å². The Bertz CT molecular complexity index is 277. The molecular formula is C15H26BO. The molecule has 2 aliphatic rings. The van der Waals surface area contributed by atoms with Gasteiger partial charge in [-0.3, -0.25) is 0 Å². The topological polar surface area (TPSA) is 17.1 Å². The van der Waals surface area contributed by atoms with Gasteiger partial charge in [0.25, 0.3) is 0 Å². The Morgan fingerprint density at radius 1 is 1.00 bits per heavy atom. The largest absolute Gasteiger partial charge is 0.304 e. The predicted molar refractivity (Wildman–Crippen MR) is 74.2 cm³/mol. The molecular weight excluding hydrogens is 207 g/mol. The van der Waals surface area contributed by atoms with Crippen LogP contribution >= 0.6 is 0 Å². The van der Waals surface area contributed by atoms with E-state index in [1.165, 1.54) is 38.5 Å². The van der Waals surface area contributed by atoms with Crippen LogP contribution in [0, 0.1) is 11.8 Å². The maximum atomic E-state index is 11.7. The first-order valence-corrected chi connectivity index (χ1v) is 7.33. The van der Waals surface area contributed by atoms with Gasteiger partial charge in [0.2, 0.25) is 6.71 Å². The molecule has 2 aliphatic carbocycles. The lowest BCUT2D eigenvalue weighted by Crippen LogP contribution is -2.45. The van der Waals surface area contributed by atoms with Crippen molar-refractivity contribution in [3.05, 3.63) is 0 Å². The summed E-state index contributed by atoms with van der Waals surface area (Å²) in [7, 11) is 0. The van der Waals surface area contributed by atoms with Crippen molar-refractivity contribution < 1.29 is 4.79 Å². The lowest BCUT2D eigenvalue weighted by atomic mass is 9.20. The second-order valence-corrected chi connectivity index (χ2v) is 7.15. The molecule has 1 radical (unpaired) electrons. The van der Waals surface area contributed by atoms with Crippen LogP contribution in [0.3, 0.4) is 0 Å². The highest BCUT2D eigenvalue weighted by Crippen LogP contribution is 2.62. The van der Waals surface area contributed by atoms with Crippen LogP contribution in [0.1, 0.15) is 66.2 Å². The molecule has 4 unspecified atom stereocenters. The standard InChI is InChI=1S/C15H26BO/c1-12-7-5-9-14(12,3)16(11-17)15(4)10-6-8-13(15)2/h12-13H,5-10H2,1-4H3. The number of carbonyl (C=O) groups excluding carboxylic acids is 1. The smallest absolute Gasteiger partial charge is 0.245 e. The van der Waals surface area contributed by atoms with E-state index in [2.05, 4.69) is 33.9 Å². The fourth-order valence-electron chi connectivity index (χ4n) is 4.61. The van der Waals surface area contributed by atoms with E-state index in [9.17, 15) is 4.79 Å². The Balaban J connectivity index is 2.30. The summed E-state index contributed by atoms with van der Waals surface area (Å²) < 4.78 is 0. The molecule has 0 aromatic carbocycles. The Morgan fingerprint density at radius 3 is 1.65 bits per heavy atom. The first-order chi connectivity index (χ1) is 7.95. The average molecular weight is 233 g/mol. The lowest BCUT2D eigenvalue weighted by Gasteiger charge is -2.43. The maximum absolute atomic E-state index is 11.7. The van der Waals surface area contributed by atoms with Gasteiger partial charge in [-0.25, -0.2) is 0 Å². The molecule has 0 aromatic rings. The van der Waals surface area contributed by atoms with Gasteiger partial charge in [0, 0.05) is 0 Å². The van der Waals surface area contributed by atoms with E-state index in [4.69, 9.17) is 0 Å². The molecule has 4 atom stereocenters. The fourth-order valence-corrected chi connectivity index (χ4v) is 4.61. The highest BCUT2D eigenvalue weighted by molar-refractivity contribution is 6.89. The zero-order valence-corrected chi connectivity index (χ0v) is 11.9. The molecule has 2 fully saturated rings. The van der Waals surface area contributed by atoms with Crippen LogP contribution in [0.2, 0.25) is 10.6 Å². The number of rotatable bonds is 3. The van der Waals surface area contributed by atoms with Gasteiger partial charge in [-0.05, 0) is 22.5 Å². The minimum absolute atomic E-state index is 0.144. The quantitative estimate of drug-likeness (QED) is 0.664. The Morgan fingerprint density at radius 2 is 1.41 bits per heavy atom. The summed E-state index contributed by atoms with van der Waals surface area (Å²) in [6.45, 7) is 9.50. The fraction of sp³-hybridized carbons (Fsp3) is 0.933. The monoisotopic (exact) mass is 233 g/mol. The molecule has 95 valence electrons. The van der Waals surface area contributed by atoms with Crippen molar-refractivity contribution >= 4 is 12.9 Å².